The molecule has 0 amide bonds. The van der Waals surface area contributed by atoms with E-state index in [0.29, 0.717) is 18.1 Å². The number of fused-ring (bicyclic) bond motifs is 3. The predicted molar refractivity (Wildman–Crippen MR) is 138 cm³/mol. The Morgan fingerprint density at radius 1 is 1.23 bits per heavy atom. The number of nitrogens with zero attached hydrogens (tertiary/aromatic N) is 1. The number of esters is 1. The first-order chi connectivity index (χ1) is 16.7. The predicted octanol–water partition coefficient (Wildman–Crippen LogP) is 5.99. The van der Waals surface area contributed by atoms with E-state index in [-0.39, 0.29) is 17.3 Å². The number of hydrogen-bond acceptors (Lipinski definition) is 5. The fourth-order valence-corrected chi connectivity index (χ4v) is 6.06. The lowest BCUT2D eigenvalue weighted by Crippen LogP contribution is -2.48. The van der Waals surface area contributed by atoms with Gasteiger partial charge in [0.2, 0.25) is 0 Å². The summed E-state index contributed by atoms with van der Waals surface area (Å²) >= 11 is 6.34. The summed E-state index contributed by atoms with van der Waals surface area (Å²) in [5.74, 6) is 0.850. The van der Waals surface area contributed by atoms with E-state index in [2.05, 4.69) is 17.0 Å². The van der Waals surface area contributed by atoms with Gasteiger partial charge in [-0.15, -0.1) is 0 Å². The lowest BCUT2D eigenvalue weighted by atomic mass is 9.69. The third-order valence-corrected chi connectivity index (χ3v) is 8.01. The quantitative estimate of drug-likeness (QED) is 0.385. The number of aldehydes is 1. The van der Waals surface area contributed by atoms with E-state index >= 15 is 0 Å². The molecule has 0 saturated heterocycles. The van der Waals surface area contributed by atoms with Crippen molar-refractivity contribution in [3.05, 3.63) is 58.1 Å². The van der Waals surface area contributed by atoms with Crippen LogP contribution < -0.4 is 9.64 Å². The van der Waals surface area contributed by atoms with Crippen molar-refractivity contribution in [1.29, 1.82) is 0 Å². The smallest absolute Gasteiger partial charge is 0.338 e. The first-order valence-corrected chi connectivity index (χ1v) is 13.0. The second-order valence-electron chi connectivity index (χ2n) is 11.4. The molecule has 0 aromatic heterocycles. The lowest BCUT2D eigenvalue weighted by Gasteiger charge is -2.43. The Hall–Kier alpha value is -2.53. The zero-order chi connectivity index (χ0) is 24.8. The number of hydrogen-bond donors (Lipinski definition) is 0. The molecule has 1 spiro atoms. The minimum absolute atomic E-state index is 0.102. The summed E-state index contributed by atoms with van der Waals surface area (Å²) in [6.45, 7) is 7.72. The second-order valence-corrected chi connectivity index (χ2v) is 11.9. The van der Waals surface area contributed by atoms with Crippen LogP contribution in [0.25, 0.3) is 0 Å². The Bertz CT molecular complexity index is 1140. The third kappa shape index (κ3) is 4.80. The van der Waals surface area contributed by atoms with Crippen molar-refractivity contribution in [2.75, 3.05) is 24.6 Å². The number of ether oxygens (including phenoxy) is 2. The zero-order valence-corrected chi connectivity index (χ0v) is 21.6. The van der Waals surface area contributed by atoms with Gasteiger partial charge in [-0.25, -0.2) is 4.79 Å². The molecule has 2 aromatic rings. The summed E-state index contributed by atoms with van der Waals surface area (Å²) in [5, 5.41) is 0.765. The van der Waals surface area contributed by atoms with Crippen LogP contribution in [0.15, 0.2) is 36.4 Å². The van der Waals surface area contributed by atoms with Crippen LogP contribution in [-0.2, 0) is 21.4 Å². The maximum atomic E-state index is 12.9. The Kier molecular flexibility index (Phi) is 6.33. The molecule has 0 N–H and O–H groups in total. The van der Waals surface area contributed by atoms with E-state index in [9.17, 15) is 9.59 Å². The number of benzene rings is 2. The highest BCUT2D eigenvalue weighted by atomic mass is 35.5. The van der Waals surface area contributed by atoms with Gasteiger partial charge in [0.1, 0.15) is 17.6 Å². The van der Waals surface area contributed by atoms with Gasteiger partial charge < -0.3 is 19.2 Å². The molecular formula is C29H34ClNO4. The Balaban J connectivity index is 1.54. The Labute approximate surface area is 212 Å². The zero-order valence-electron chi connectivity index (χ0n) is 20.8. The molecule has 3 atom stereocenters. The van der Waals surface area contributed by atoms with Crippen LogP contribution in [0.2, 0.25) is 5.02 Å². The standard InChI is InChI=1S/C29H34ClNO4/c1-28(2,3)35-27(33)20-8-11-26-25(14-20)31(15-21-6-7-22(21)16-32)17-29(18-34-26)12-4-5-19-13-23(30)9-10-24(19)29/h8-11,13-14,16,21-22H,4-7,12,15,17-18H2,1-3H3. The van der Waals surface area contributed by atoms with Crippen LogP contribution >= 0.6 is 11.6 Å². The number of carbonyl (C=O) groups excluding carboxylic acids is 2. The highest BCUT2D eigenvalue weighted by molar-refractivity contribution is 6.30. The van der Waals surface area contributed by atoms with Gasteiger partial charge in [-0.1, -0.05) is 17.7 Å². The fraction of sp³-hybridized carbons (Fsp3) is 0.517. The summed E-state index contributed by atoms with van der Waals surface area (Å²) in [7, 11) is 0. The van der Waals surface area contributed by atoms with Crippen molar-refractivity contribution in [2.45, 2.75) is 63.9 Å². The molecule has 1 saturated carbocycles. The summed E-state index contributed by atoms with van der Waals surface area (Å²) in [5.41, 5.74) is 3.27. The molecule has 1 heterocycles. The fourth-order valence-electron chi connectivity index (χ4n) is 5.86. The normalized spacial score (nSPS) is 25.5. The summed E-state index contributed by atoms with van der Waals surface area (Å²) in [6.07, 6.45) is 6.21. The van der Waals surface area contributed by atoms with Gasteiger partial charge in [0, 0.05) is 29.4 Å². The highest BCUT2D eigenvalue weighted by Crippen LogP contribution is 2.46. The minimum Gasteiger partial charge on any atom is -0.490 e. The third-order valence-electron chi connectivity index (χ3n) is 7.78. The molecule has 5 rings (SSSR count). The first-order valence-electron chi connectivity index (χ1n) is 12.7. The summed E-state index contributed by atoms with van der Waals surface area (Å²) < 4.78 is 12.1. The number of rotatable bonds is 4. The van der Waals surface area contributed by atoms with Gasteiger partial charge in [-0.05, 0) is 100 Å². The molecule has 2 aliphatic carbocycles. The largest absolute Gasteiger partial charge is 0.490 e. The Morgan fingerprint density at radius 2 is 2.06 bits per heavy atom. The SMILES string of the molecule is CC(C)(C)OC(=O)c1ccc2c(c1)N(CC1CCC1C=O)CC1(CCCc3cc(Cl)ccc31)CO2. The topological polar surface area (TPSA) is 55.8 Å². The second kappa shape index (κ2) is 9.16. The minimum atomic E-state index is -0.569. The molecule has 2 aromatic carbocycles. The molecule has 1 fully saturated rings. The van der Waals surface area contributed by atoms with Gasteiger partial charge in [0.15, 0.2) is 0 Å². The first kappa shape index (κ1) is 24.2. The van der Waals surface area contributed by atoms with Crippen molar-refractivity contribution < 1.29 is 19.1 Å². The van der Waals surface area contributed by atoms with E-state index in [1.165, 1.54) is 11.1 Å². The van der Waals surface area contributed by atoms with Crippen molar-refractivity contribution in [3.8, 4) is 5.75 Å². The maximum absolute atomic E-state index is 12.9. The van der Waals surface area contributed by atoms with E-state index in [0.717, 1.165) is 67.9 Å². The van der Waals surface area contributed by atoms with Crippen molar-refractivity contribution in [3.63, 3.8) is 0 Å². The van der Waals surface area contributed by atoms with Crippen LogP contribution in [0.5, 0.6) is 5.75 Å². The van der Waals surface area contributed by atoms with Gasteiger partial charge in [0.05, 0.1) is 17.9 Å². The van der Waals surface area contributed by atoms with Gasteiger partial charge in [-0.3, -0.25) is 0 Å². The Morgan fingerprint density at radius 3 is 2.77 bits per heavy atom. The summed E-state index contributed by atoms with van der Waals surface area (Å²) in [4.78, 5) is 26.8. The van der Waals surface area contributed by atoms with E-state index in [1.54, 1.807) is 6.07 Å². The number of halogens is 1. The lowest BCUT2D eigenvalue weighted by molar-refractivity contribution is -0.115. The van der Waals surface area contributed by atoms with Crippen LogP contribution in [0.3, 0.4) is 0 Å². The maximum Gasteiger partial charge on any atom is 0.338 e. The molecule has 0 bridgehead atoms. The average Bonchev–Trinajstić information content (AvgIpc) is 2.93. The molecule has 3 aliphatic rings. The van der Waals surface area contributed by atoms with E-state index in [1.807, 2.05) is 39.0 Å². The monoisotopic (exact) mass is 495 g/mol. The number of anilines is 1. The molecular weight excluding hydrogens is 462 g/mol. The van der Waals surface area contributed by atoms with Crippen LogP contribution in [0, 0.1) is 11.8 Å². The van der Waals surface area contributed by atoms with Gasteiger partial charge in [0.25, 0.3) is 0 Å². The van der Waals surface area contributed by atoms with Gasteiger partial charge >= 0.3 is 5.97 Å². The van der Waals surface area contributed by atoms with Gasteiger partial charge in [-0.2, -0.15) is 0 Å². The average molecular weight is 496 g/mol. The molecule has 3 unspecified atom stereocenters. The number of carbonyl (C=O) groups is 2. The highest BCUT2D eigenvalue weighted by Gasteiger charge is 2.43. The van der Waals surface area contributed by atoms with E-state index in [4.69, 9.17) is 21.1 Å². The van der Waals surface area contributed by atoms with Crippen LogP contribution in [0.1, 0.15) is 67.9 Å². The molecule has 6 heteroatoms. The van der Waals surface area contributed by atoms with Crippen LogP contribution in [-0.4, -0.2) is 37.6 Å². The van der Waals surface area contributed by atoms with Crippen molar-refractivity contribution in [2.24, 2.45) is 11.8 Å². The van der Waals surface area contributed by atoms with E-state index < -0.39 is 5.60 Å². The molecule has 0 radical (unpaired) electrons. The van der Waals surface area contributed by atoms with Crippen molar-refractivity contribution in [1.82, 2.24) is 0 Å². The van der Waals surface area contributed by atoms with Crippen LogP contribution in [0.4, 0.5) is 5.69 Å². The number of aryl methyl sites for hydroxylation is 1. The van der Waals surface area contributed by atoms with Crippen molar-refractivity contribution >= 4 is 29.5 Å². The molecule has 5 nitrogen and oxygen atoms in total. The molecule has 1 aliphatic heterocycles. The molecule has 35 heavy (non-hydrogen) atoms. The molecule has 186 valence electrons. The summed E-state index contributed by atoms with van der Waals surface area (Å²) in [6, 6.07) is 11.8.